The third kappa shape index (κ3) is 5.85. The van der Waals surface area contributed by atoms with Crippen molar-refractivity contribution < 1.29 is 29.6 Å². The Bertz CT molecular complexity index is 1040. The van der Waals surface area contributed by atoms with Crippen LogP contribution in [-0.2, 0) is 16.0 Å². The van der Waals surface area contributed by atoms with Gasteiger partial charge in [0.1, 0.15) is 30.2 Å². The summed E-state index contributed by atoms with van der Waals surface area (Å²) in [6.45, 7) is 3.50. The van der Waals surface area contributed by atoms with E-state index in [1.807, 2.05) is 42.2 Å². The lowest BCUT2D eigenvalue weighted by atomic mass is 9.89. The maximum atomic E-state index is 12.3. The number of hydrogen-bond acceptors (Lipinski definition) is 7. The standard InChI is InChI=1S/C27H35ClN2O6/c1-3-35-19-9-6-16(7-10-19)13-18-14-17(8-11-20(18)28)26-25(33)24(32)23(31)22(36-26)15-30-12-4-5-21(30)27(34)29-2/h6-11,14,21-26,31-33H,3-5,12-13,15H2,1-2H3,(H,29,34)/t21-,22+,23+,24-,25+,26-/m0/s1. The highest BCUT2D eigenvalue weighted by molar-refractivity contribution is 6.31. The summed E-state index contributed by atoms with van der Waals surface area (Å²) in [7, 11) is 1.60. The number of aliphatic hydroxyl groups excluding tert-OH is 3. The molecule has 2 aliphatic heterocycles. The molecule has 2 aliphatic rings. The van der Waals surface area contributed by atoms with Crippen molar-refractivity contribution in [1.29, 1.82) is 0 Å². The zero-order valence-corrected chi connectivity index (χ0v) is 21.4. The maximum Gasteiger partial charge on any atom is 0.237 e. The van der Waals surface area contributed by atoms with Gasteiger partial charge in [0.25, 0.3) is 0 Å². The second-order valence-corrected chi connectivity index (χ2v) is 9.85. The molecule has 0 aromatic heterocycles. The quantitative estimate of drug-likeness (QED) is 0.423. The molecule has 0 spiro atoms. The zero-order valence-electron chi connectivity index (χ0n) is 20.6. The Labute approximate surface area is 216 Å². The van der Waals surface area contributed by atoms with E-state index in [1.54, 1.807) is 19.2 Å². The van der Waals surface area contributed by atoms with Gasteiger partial charge in [-0.1, -0.05) is 35.9 Å². The topological polar surface area (TPSA) is 111 Å². The first-order valence-electron chi connectivity index (χ1n) is 12.5. The van der Waals surface area contributed by atoms with E-state index in [0.29, 0.717) is 30.2 Å². The van der Waals surface area contributed by atoms with Crippen LogP contribution in [0.2, 0.25) is 5.02 Å². The fourth-order valence-electron chi connectivity index (χ4n) is 5.11. The van der Waals surface area contributed by atoms with Crippen LogP contribution in [0.4, 0.5) is 0 Å². The summed E-state index contributed by atoms with van der Waals surface area (Å²) in [4.78, 5) is 14.2. The van der Waals surface area contributed by atoms with Gasteiger partial charge >= 0.3 is 0 Å². The number of likely N-dealkylation sites (tertiary alicyclic amines) is 1. The summed E-state index contributed by atoms with van der Waals surface area (Å²) in [6.07, 6.45) is -3.46. The van der Waals surface area contributed by atoms with Crippen LogP contribution in [0, 0.1) is 0 Å². The van der Waals surface area contributed by atoms with Crippen LogP contribution < -0.4 is 10.1 Å². The molecule has 36 heavy (non-hydrogen) atoms. The molecule has 9 heteroatoms. The van der Waals surface area contributed by atoms with Crippen LogP contribution in [0.5, 0.6) is 5.75 Å². The first-order valence-corrected chi connectivity index (χ1v) is 12.9. The smallest absolute Gasteiger partial charge is 0.237 e. The number of halogens is 1. The van der Waals surface area contributed by atoms with E-state index in [9.17, 15) is 20.1 Å². The van der Waals surface area contributed by atoms with Gasteiger partial charge in [0.15, 0.2) is 0 Å². The Kier molecular flexibility index (Phi) is 8.87. The Morgan fingerprint density at radius 3 is 2.58 bits per heavy atom. The van der Waals surface area contributed by atoms with Gasteiger partial charge in [-0.3, -0.25) is 9.69 Å². The normalized spacial score (nSPS) is 28.7. The van der Waals surface area contributed by atoms with Gasteiger partial charge in [0.2, 0.25) is 5.91 Å². The molecule has 4 N–H and O–H groups in total. The van der Waals surface area contributed by atoms with E-state index >= 15 is 0 Å². The van der Waals surface area contributed by atoms with E-state index in [-0.39, 0.29) is 18.5 Å². The van der Waals surface area contributed by atoms with Gasteiger partial charge in [-0.2, -0.15) is 0 Å². The molecule has 8 nitrogen and oxygen atoms in total. The molecule has 0 saturated carbocycles. The van der Waals surface area contributed by atoms with Crippen molar-refractivity contribution in [2.24, 2.45) is 0 Å². The van der Waals surface area contributed by atoms with Gasteiger partial charge in [0.05, 0.1) is 18.8 Å². The van der Waals surface area contributed by atoms with Crippen LogP contribution in [0.15, 0.2) is 42.5 Å². The maximum absolute atomic E-state index is 12.3. The van der Waals surface area contributed by atoms with Crippen LogP contribution in [0.1, 0.15) is 42.6 Å². The molecule has 2 aromatic rings. The van der Waals surface area contributed by atoms with Crippen molar-refractivity contribution in [2.75, 3.05) is 26.7 Å². The molecule has 2 aromatic carbocycles. The molecule has 0 unspecified atom stereocenters. The SMILES string of the molecule is CCOc1ccc(Cc2cc([C@@H]3O[C@H](CN4CCC[C@H]4C(=O)NC)[C@@H](O)[C@H](O)[C@H]3O)ccc2Cl)cc1. The number of likely N-dealkylation sites (N-methyl/N-ethyl adjacent to an activating group) is 1. The van der Waals surface area contributed by atoms with Crippen molar-refractivity contribution in [2.45, 2.75) is 62.7 Å². The number of carbonyl (C=O) groups excluding carboxylic acids is 1. The van der Waals surface area contributed by atoms with Gasteiger partial charge in [-0.05, 0) is 67.6 Å². The molecule has 4 rings (SSSR count). The monoisotopic (exact) mass is 518 g/mol. The Morgan fingerprint density at radius 1 is 1.14 bits per heavy atom. The van der Waals surface area contributed by atoms with Gasteiger partial charge in [-0.15, -0.1) is 0 Å². The molecule has 196 valence electrons. The molecular weight excluding hydrogens is 484 g/mol. The van der Waals surface area contributed by atoms with Crippen molar-refractivity contribution in [3.63, 3.8) is 0 Å². The first kappa shape index (κ1) is 26.9. The number of nitrogens with one attached hydrogen (secondary N) is 1. The summed E-state index contributed by atoms with van der Waals surface area (Å²) in [5.74, 6) is 0.724. The molecule has 2 saturated heterocycles. The van der Waals surface area contributed by atoms with Crippen LogP contribution >= 0.6 is 11.6 Å². The number of benzene rings is 2. The molecule has 2 fully saturated rings. The predicted octanol–water partition coefficient (Wildman–Crippen LogP) is 2.06. The summed E-state index contributed by atoms with van der Waals surface area (Å²) in [5, 5.41) is 35.4. The van der Waals surface area contributed by atoms with Crippen molar-refractivity contribution in [1.82, 2.24) is 10.2 Å². The number of aliphatic hydroxyl groups is 3. The van der Waals surface area contributed by atoms with Crippen LogP contribution in [0.3, 0.4) is 0 Å². The molecular formula is C27H35ClN2O6. The Balaban J connectivity index is 1.52. The van der Waals surface area contributed by atoms with E-state index in [0.717, 1.165) is 29.7 Å². The largest absolute Gasteiger partial charge is 0.494 e. The zero-order chi connectivity index (χ0) is 25.8. The van der Waals surface area contributed by atoms with E-state index in [4.69, 9.17) is 21.1 Å². The fourth-order valence-corrected chi connectivity index (χ4v) is 5.30. The fraction of sp³-hybridized carbons (Fsp3) is 0.519. The Morgan fingerprint density at radius 2 is 1.89 bits per heavy atom. The molecule has 2 heterocycles. The average molecular weight is 519 g/mol. The highest BCUT2D eigenvalue weighted by Crippen LogP contribution is 2.35. The number of hydrogen-bond donors (Lipinski definition) is 4. The van der Waals surface area contributed by atoms with Crippen molar-refractivity contribution in [3.05, 3.63) is 64.2 Å². The number of carbonyl (C=O) groups is 1. The van der Waals surface area contributed by atoms with Crippen LogP contribution in [-0.4, -0.2) is 83.3 Å². The number of nitrogens with zero attached hydrogens (tertiary/aromatic N) is 1. The van der Waals surface area contributed by atoms with Gasteiger partial charge in [-0.25, -0.2) is 0 Å². The first-order chi connectivity index (χ1) is 17.3. The minimum Gasteiger partial charge on any atom is -0.494 e. The Hall–Kier alpha value is -2.20. The van der Waals surface area contributed by atoms with Crippen molar-refractivity contribution in [3.8, 4) is 5.75 Å². The second-order valence-electron chi connectivity index (χ2n) is 9.44. The highest BCUT2D eigenvalue weighted by Gasteiger charge is 2.46. The van der Waals surface area contributed by atoms with E-state index in [2.05, 4.69) is 5.32 Å². The summed E-state index contributed by atoms with van der Waals surface area (Å²) in [6, 6.07) is 12.9. The minimum absolute atomic E-state index is 0.0773. The van der Waals surface area contributed by atoms with Gasteiger partial charge in [0, 0.05) is 18.6 Å². The lowest BCUT2D eigenvalue weighted by Gasteiger charge is -2.42. The number of rotatable bonds is 8. The second kappa shape index (κ2) is 11.9. The molecule has 0 aliphatic carbocycles. The number of amides is 1. The lowest BCUT2D eigenvalue weighted by molar-refractivity contribution is -0.228. The summed E-state index contributed by atoms with van der Waals surface area (Å²) in [5.41, 5.74) is 2.56. The molecule has 1 amide bonds. The number of ether oxygens (including phenoxy) is 2. The van der Waals surface area contributed by atoms with Crippen LogP contribution in [0.25, 0.3) is 0 Å². The van der Waals surface area contributed by atoms with E-state index in [1.165, 1.54) is 0 Å². The molecule has 6 atom stereocenters. The molecule has 0 radical (unpaired) electrons. The third-order valence-electron chi connectivity index (χ3n) is 7.07. The van der Waals surface area contributed by atoms with Gasteiger partial charge < -0.3 is 30.1 Å². The van der Waals surface area contributed by atoms with E-state index < -0.39 is 30.5 Å². The highest BCUT2D eigenvalue weighted by atomic mass is 35.5. The average Bonchev–Trinajstić information content (AvgIpc) is 3.35. The minimum atomic E-state index is -1.39. The third-order valence-corrected chi connectivity index (χ3v) is 7.44. The summed E-state index contributed by atoms with van der Waals surface area (Å²) < 4.78 is 11.7. The lowest BCUT2D eigenvalue weighted by Crippen LogP contribution is -2.58. The van der Waals surface area contributed by atoms with Crippen molar-refractivity contribution >= 4 is 17.5 Å². The predicted molar refractivity (Wildman–Crippen MR) is 136 cm³/mol. The summed E-state index contributed by atoms with van der Waals surface area (Å²) >= 11 is 6.49. The molecule has 0 bridgehead atoms.